The van der Waals surface area contributed by atoms with Gasteiger partial charge in [0, 0.05) is 24.3 Å². The zero-order valence-corrected chi connectivity index (χ0v) is 10.3. The molecule has 0 bridgehead atoms. The molecule has 0 saturated heterocycles. The fourth-order valence-electron chi connectivity index (χ4n) is 1.95. The number of aromatic nitrogens is 4. The summed E-state index contributed by atoms with van der Waals surface area (Å²) in [4.78, 5) is 8.45. The van der Waals surface area contributed by atoms with Crippen LogP contribution in [0.2, 0.25) is 0 Å². The van der Waals surface area contributed by atoms with Crippen molar-refractivity contribution in [1.29, 1.82) is 0 Å². The van der Waals surface area contributed by atoms with Crippen molar-refractivity contribution in [2.24, 2.45) is 0 Å². The van der Waals surface area contributed by atoms with Gasteiger partial charge in [-0.1, -0.05) is 12.1 Å². The number of benzene rings is 1. The van der Waals surface area contributed by atoms with Crippen LogP contribution < -0.4 is 11.1 Å². The minimum absolute atomic E-state index is 0.278. The molecule has 3 N–H and O–H groups in total. The van der Waals surface area contributed by atoms with Crippen molar-refractivity contribution in [3.63, 3.8) is 0 Å². The molecule has 0 aliphatic heterocycles. The van der Waals surface area contributed by atoms with E-state index in [0.717, 1.165) is 29.8 Å². The summed E-state index contributed by atoms with van der Waals surface area (Å²) in [7, 11) is 0. The van der Waals surface area contributed by atoms with E-state index in [1.807, 2.05) is 41.2 Å². The van der Waals surface area contributed by atoms with Crippen LogP contribution in [0.25, 0.3) is 10.9 Å². The van der Waals surface area contributed by atoms with Crippen molar-refractivity contribution in [1.82, 2.24) is 19.7 Å². The molecular weight excluding hydrogens is 240 g/mol. The van der Waals surface area contributed by atoms with Gasteiger partial charge in [-0.2, -0.15) is 10.1 Å². The van der Waals surface area contributed by atoms with Crippen LogP contribution in [0.5, 0.6) is 0 Å². The van der Waals surface area contributed by atoms with Gasteiger partial charge >= 0.3 is 0 Å². The lowest BCUT2D eigenvalue weighted by molar-refractivity contribution is 0.637. The standard InChI is InChI=1S/C13H14N6/c14-13-17-11-5-2-1-4-10(11)12(18-13)15-7-9-19-8-3-6-16-19/h1-6,8H,7,9H2,(H3,14,15,17,18). The van der Waals surface area contributed by atoms with Crippen molar-refractivity contribution in [2.75, 3.05) is 17.6 Å². The molecule has 0 aliphatic carbocycles. The Hall–Kier alpha value is -2.63. The molecule has 0 radical (unpaired) electrons. The highest BCUT2D eigenvalue weighted by Crippen LogP contribution is 2.20. The summed E-state index contributed by atoms with van der Waals surface area (Å²) in [5.74, 6) is 1.04. The Morgan fingerprint density at radius 2 is 2.05 bits per heavy atom. The first-order valence-corrected chi connectivity index (χ1v) is 6.06. The number of nitrogens with zero attached hydrogens (tertiary/aromatic N) is 4. The van der Waals surface area contributed by atoms with E-state index in [0.29, 0.717) is 0 Å². The van der Waals surface area contributed by atoms with Gasteiger partial charge in [0.1, 0.15) is 5.82 Å². The number of nitrogens with two attached hydrogens (primary N) is 1. The fourth-order valence-corrected chi connectivity index (χ4v) is 1.95. The third kappa shape index (κ3) is 2.47. The summed E-state index contributed by atoms with van der Waals surface area (Å²) >= 11 is 0. The number of nitrogen functional groups attached to an aromatic ring is 1. The lowest BCUT2D eigenvalue weighted by Gasteiger charge is -2.09. The zero-order valence-electron chi connectivity index (χ0n) is 10.3. The number of rotatable bonds is 4. The van der Waals surface area contributed by atoms with Gasteiger partial charge in [-0.05, 0) is 18.2 Å². The first-order chi connectivity index (χ1) is 9.33. The maximum atomic E-state index is 5.71. The van der Waals surface area contributed by atoms with E-state index in [1.54, 1.807) is 6.20 Å². The maximum Gasteiger partial charge on any atom is 0.222 e. The Kier molecular flexibility index (Phi) is 2.97. The molecule has 0 saturated carbocycles. The Labute approximate surface area is 110 Å². The highest BCUT2D eigenvalue weighted by atomic mass is 15.3. The summed E-state index contributed by atoms with van der Waals surface area (Å²) in [6.45, 7) is 1.49. The van der Waals surface area contributed by atoms with Crippen LogP contribution in [-0.2, 0) is 6.54 Å². The molecular formula is C13H14N6. The monoisotopic (exact) mass is 254 g/mol. The smallest absolute Gasteiger partial charge is 0.222 e. The van der Waals surface area contributed by atoms with Crippen molar-refractivity contribution in [2.45, 2.75) is 6.54 Å². The van der Waals surface area contributed by atoms with Gasteiger partial charge in [-0.3, -0.25) is 4.68 Å². The van der Waals surface area contributed by atoms with Gasteiger partial charge < -0.3 is 11.1 Å². The predicted octanol–water partition coefficient (Wildman–Crippen LogP) is 1.52. The average Bonchev–Trinajstić information content (AvgIpc) is 2.91. The molecule has 0 unspecified atom stereocenters. The second kappa shape index (κ2) is 4.93. The van der Waals surface area contributed by atoms with E-state index in [4.69, 9.17) is 5.73 Å². The van der Waals surface area contributed by atoms with E-state index in [2.05, 4.69) is 20.4 Å². The molecule has 0 atom stereocenters. The van der Waals surface area contributed by atoms with E-state index < -0.39 is 0 Å². The molecule has 1 aromatic carbocycles. The van der Waals surface area contributed by atoms with Crippen molar-refractivity contribution in [3.05, 3.63) is 42.7 Å². The molecule has 2 heterocycles. The number of para-hydroxylation sites is 1. The van der Waals surface area contributed by atoms with Crippen LogP contribution in [0.15, 0.2) is 42.7 Å². The molecule has 6 heteroatoms. The fraction of sp³-hybridized carbons (Fsp3) is 0.154. The van der Waals surface area contributed by atoms with Gasteiger partial charge in [0.15, 0.2) is 0 Å². The molecule has 19 heavy (non-hydrogen) atoms. The zero-order chi connectivity index (χ0) is 13.1. The summed E-state index contributed by atoms with van der Waals surface area (Å²) < 4.78 is 1.86. The minimum atomic E-state index is 0.278. The molecule has 0 aliphatic rings. The van der Waals surface area contributed by atoms with Gasteiger partial charge in [-0.25, -0.2) is 4.98 Å². The van der Waals surface area contributed by atoms with Gasteiger partial charge in [-0.15, -0.1) is 0 Å². The molecule has 3 rings (SSSR count). The second-order valence-corrected chi connectivity index (χ2v) is 4.14. The number of anilines is 2. The lowest BCUT2D eigenvalue weighted by Crippen LogP contribution is -2.12. The highest BCUT2D eigenvalue weighted by molar-refractivity contribution is 5.89. The lowest BCUT2D eigenvalue weighted by atomic mass is 10.2. The third-order valence-electron chi connectivity index (χ3n) is 2.81. The van der Waals surface area contributed by atoms with Gasteiger partial charge in [0.05, 0.1) is 12.1 Å². The van der Waals surface area contributed by atoms with Gasteiger partial charge in [0.2, 0.25) is 5.95 Å². The number of fused-ring (bicyclic) bond motifs is 1. The summed E-state index contributed by atoms with van der Waals surface area (Å²) in [5.41, 5.74) is 6.56. The second-order valence-electron chi connectivity index (χ2n) is 4.14. The summed E-state index contributed by atoms with van der Waals surface area (Å²) in [6, 6.07) is 9.69. The van der Waals surface area contributed by atoms with Crippen LogP contribution in [0.4, 0.5) is 11.8 Å². The van der Waals surface area contributed by atoms with Crippen LogP contribution in [0.1, 0.15) is 0 Å². The van der Waals surface area contributed by atoms with Crippen molar-refractivity contribution in [3.8, 4) is 0 Å². The molecule has 0 amide bonds. The number of hydrogen-bond donors (Lipinski definition) is 2. The molecule has 3 aromatic rings. The molecule has 96 valence electrons. The Balaban J connectivity index is 1.80. The molecule has 6 nitrogen and oxygen atoms in total. The molecule has 0 spiro atoms. The van der Waals surface area contributed by atoms with Gasteiger partial charge in [0.25, 0.3) is 0 Å². The van der Waals surface area contributed by atoms with Crippen LogP contribution in [0, 0.1) is 0 Å². The SMILES string of the molecule is Nc1nc(NCCn2cccn2)c2ccccc2n1. The largest absolute Gasteiger partial charge is 0.368 e. The quantitative estimate of drug-likeness (QED) is 0.737. The van der Waals surface area contributed by atoms with Crippen LogP contribution in [0.3, 0.4) is 0 Å². The van der Waals surface area contributed by atoms with E-state index >= 15 is 0 Å². The number of hydrogen-bond acceptors (Lipinski definition) is 5. The minimum Gasteiger partial charge on any atom is -0.368 e. The van der Waals surface area contributed by atoms with Crippen molar-refractivity contribution >= 4 is 22.7 Å². The maximum absolute atomic E-state index is 5.71. The van der Waals surface area contributed by atoms with Crippen LogP contribution >= 0.6 is 0 Å². The summed E-state index contributed by atoms with van der Waals surface area (Å²) in [6.07, 6.45) is 3.69. The van der Waals surface area contributed by atoms with E-state index in [9.17, 15) is 0 Å². The molecule has 0 fully saturated rings. The Bertz CT molecular complexity index is 677. The molecule has 2 aromatic heterocycles. The predicted molar refractivity (Wildman–Crippen MR) is 74.7 cm³/mol. The Morgan fingerprint density at radius 3 is 2.89 bits per heavy atom. The normalized spacial score (nSPS) is 10.7. The third-order valence-corrected chi connectivity index (χ3v) is 2.81. The average molecular weight is 254 g/mol. The van der Waals surface area contributed by atoms with Crippen LogP contribution in [-0.4, -0.2) is 26.3 Å². The summed E-state index contributed by atoms with van der Waals surface area (Å²) in [5, 5.41) is 8.39. The van der Waals surface area contributed by atoms with E-state index in [-0.39, 0.29) is 5.95 Å². The number of nitrogens with one attached hydrogen (secondary N) is 1. The first kappa shape index (κ1) is 11.5. The Morgan fingerprint density at radius 1 is 1.16 bits per heavy atom. The highest BCUT2D eigenvalue weighted by Gasteiger charge is 2.04. The van der Waals surface area contributed by atoms with E-state index in [1.165, 1.54) is 0 Å². The first-order valence-electron chi connectivity index (χ1n) is 6.06. The van der Waals surface area contributed by atoms with Crippen molar-refractivity contribution < 1.29 is 0 Å². The topological polar surface area (TPSA) is 81.6 Å².